The number of benzene rings is 1. The minimum absolute atomic E-state index is 0.518. The van der Waals surface area contributed by atoms with Crippen LogP contribution < -0.4 is 10.1 Å². The molecule has 19 heavy (non-hydrogen) atoms. The third-order valence-electron chi connectivity index (χ3n) is 2.88. The molecule has 0 heterocycles. The summed E-state index contributed by atoms with van der Waals surface area (Å²) in [6, 6.07) is 6.83. The van der Waals surface area contributed by atoms with Crippen LogP contribution in [0.25, 0.3) is 0 Å². The summed E-state index contributed by atoms with van der Waals surface area (Å²) in [5.74, 6) is 4.03. The van der Waals surface area contributed by atoms with Gasteiger partial charge in [-0.05, 0) is 58.8 Å². The number of hydrogen-bond acceptors (Lipinski definition) is 3. The van der Waals surface area contributed by atoms with Crippen molar-refractivity contribution in [3.05, 3.63) is 28.2 Å². The highest BCUT2D eigenvalue weighted by Crippen LogP contribution is 2.26. The summed E-state index contributed by atoms with van der Waals surface area (Å²) in [5.41, 5.74) is 1.33. The Bertz CT molecular complexity index is 384. The molecule has 0 spiro atoms. The maximum atomic E-state index is 5.26. The predicted octanol–water partition coefficient (Wildman–Crippen LogP) is 3.98. The number of halogens is 1. The van der Waals surface area contributed by atoms with Crippen LogP contribution in [0.15, 0.2) is 22.7 Å². The van der Waals surface area contributed by atoms with Crippen molar-refractivity contribution in [2.45, 2.75) is 26.3 Å². The van der Waals surface area contributed by atoms with E-state index in [0.29, 0.717) is 6.04 Å². The van der Waals surface area contributed by atoms with Crippen LogP contribution in [-0.4, -0.2) is 31.7 Å². The van der Waals surface area contributed by atoms with E-state index in [2.05, 4.69) is 47.2 Å². The zero-order chi connectivity index (χ0) is 14.3. The second-order valence-corrected chi connectivity index (χ2v) is 7.02. The molecule has 2 nitrogen and oxygen atoms in total. The van der Waals surface area contributed by atoms with Crippen molar-refractivity contribution in [3.8, 4) is 5.75 Å². The highest BCUT2D eigenvalue weighted by atomic mass is 79.9. The topological polar surface area (TPSA) is 21.3 Å². The maximum Gasteiger partial charge on any atom is 0.133 e. The Kier molecular flexibility index (Phi) is 7.88. The molecule has 4 heteroatoms. The standard InChI is InChI=1S/C15H24BrNOS/c1-11(2)9-19-10-13(17-3)7-12-5-6-15(18-4)14(16)8-12/h5-6,8,11,13,17H,7,9-10H2,1-4H3. The van der Waals surface area contributed by atoms with Gasteiger partial charge in [-0.25, -0.2) is 0 Å². The summed E-state index contributed by atoms with van der Waals surface area (Å²) in [6.45, 7) is 4.53. The average Bonchev–Trinajstić information content (AvgIpc) is 2.37. The first-order chi connectivity index (χ1) is 9.06. The van der Waals surface area contributed by atoms with E-state index in [1.165, 1.54) is 11.3 Å². The summed E-state index contributed by atoms with van der Waals surface area (Å²) >= 11 is 5.57. The van der Waals surface area contributed by atoms with Crippen molar-refractivity contribution >= 4 is 27.7 Å². The van der Waals surface area contributed by atoms with Gasteiger partial charge in [-0.3, -0.25) is 0 Å². The molecule has 0 fully saturated rings. The summed E-state index contributed by atoms with van der Waals surface area (Å²) in [4.78, 5) is 0. The third kappa shape index (κ3) is 6.19. The fourth-order valence-electron chi connectivity index (χ4n) is 1.81. The zero-order valence-electron chi connectivity index (χ0n) is 12.2. The van der Waals surface area contributed by atoms with Crippen LogP contribution in [0.4, 0.5) is 0 Å². The van der Waals surface area contributed by atoms with E-state index in [0.717, 1.165) is 28.3 Å². The molecule has 1 atom stereocenters. The molecule has 0 bridgehead atoms. The number of thioether (sulfide) groups is 1. The first-order valence-electron chi connectivity index (χ1n) is 6.64. The summed E-state index contributed by atoms with van der Waals surface area (Å²) in [7, 11) is 3.73. The highest BCUT2D eigenvalue weighted by Gasteiger charge is 2.09. The first kappa shape index (κ1) is 16.9. The van der Waals surface area contributed by atoms with Gasteiger partial charge in [0.15, 0.2) is 0 Å². The quantitative estimate of drug-likeness (QED) is 0.769. The number of hydrogen-bond donors (Lipinski definition) is 1. The normalized spacial score (nSPS) is 12.7. The largest absolute Gasteiger partial charge is 0.496 e. The van der Waals surface area contributed by atoms with Crippen molar-refractivity contribution in [2.24, 2.45) is 5.92 Å². The Labute approximate surface area is 129 Å². The molecule has 1 rings (SSSR count). The number of nitrogens with one attached hydrogen (secondary N) is 1. The lowest BCUT2D eigenvalue weighted by Gasteiger charge is -2.17. The van der Waals surface area contributed by atoms with Gasteiger partial charge in [-0.1, -0.05) is 19.9 Å². The van der Waals surface area contributed by atoms with Crippen molar-refractivity contribution in [1.82, 2.24) is 5.32 Å². The SMILES string of the molecule is CNC(CSCC(C)C)Cc1ccc(OC)c(Br)c1. The summed E-state index contributed by atoms with van der Waals surface area (Å²) in [6.07, 6.45) is 1.05. The Morgan fingerprint density at radius 3 is 2.58 bits per heavy atom. The Morgan fingerprint density at radius 1 is 1.32 bits per heavy atom. The van der Waals surface area contributed by atoms with Crippen LogP contribution >= 0.6 is 27.7 Å². The summed E-state index contributed by atoms with van der Waals surface area (Å²) in [5, 5.41) is 3.40. The number of methoxy groups -OCH3 is 1. The highest BCUT2D eigenvalue weighted by molar-refractivity contribution is 9.10. The van der Waals surface area contributed by atoms with Gasteiger partial charge in [0.05, 0.1) is 11.6 Å². The zero-order valence-corrected chi connectivity index (χ0v) is 14.6. The average molecular weight is 346 g/mol. The van der Waals surface area contributed by atoms with Crippen molar-refractivity contribution in [2.75, 3.05) is 25.7 Å². The lowest BCUT2D eigenvalue weighted by atomic mass is 10.1. The van der Waals surface area contributed by atoms with E-state index in [-0.39, 0.29) is 0 Å². The molecule has 1 aromatic rings. The molecule has 0 saturated carbocycles. The molecule has 1 aromatic carbocycles. The number of ether oxygens (including phenoxy) is 1. The molecule has 0 radical (unpaired) electrons. The van der Waals surface area contributed by atoms with Crippen LogP contribution in [0, 0.1) is 5.92 Å². The molecule has 1 unspecified atom stereocenters. The molecule has 0 amide bonds. The molecule has 1 N–H and O–H groups in total. The first-order valence-corrected chi connectivity index (χ1v) is 8.59. The molecular formula is C15H24BrNOS. The minimum atomic E-state index is 0.518. The van der Waals surface area contributed by atoms with E-state index in [4.69, 9.17) is 4.74 Å². The van der Waals surface area contributed by atoms with E-state index in [1.807, 2.05) is 24.9 Å². The maximum absolute atomic E-state index is 5.26. The van der Waals surface area contributed by atoms with Gasteiger partial charge in [-0.2, -0.15) is 11.8 Å². The lowest BCUT2D eigenvalue weighted by molar-refractivity contribution is 0.412. The Morgan fingerprint density at radius 2 is 2.05 bits per heavy atom. The molecule has 0 aliphatic heterocycles. The molecule has 0 aromatic heterocycles. The van der Waals surface area contributed by atoms with E-state index < -0.39 is 0 Å². The van der Waals surface area contributed by atoms with Crippen molar-refractivity contribution in [3.63, 3.8) is 0 Å². The van der Waals surface area contributed by atoms with E-state index in [9.17, 15) is 0 Å². The van der Waals surface area contributed by atoms with Gasteiger partial charge in [0.25, 0.3) is 0 Å². The smallest absolute Gasteiger partial charge is 0.133 e. The van der Waals surface area contributed by atoms with Crippen LogP contribution in [0.5, 0.6) is 5.75 Å². The third-order valence-corrected chi connectivity index (χ3v) is 5.04. The van der Waals surface area contributed by atoms with Gasteiger partial charge in [0.1, 0.15) is 5.75 Å². The molecule has 0 aliphatic carbocycles. The van der Waals surface area contributed by atoms with Crippen LogP contribution in [0.1, 0.15) is 19.4 Å². The van der Waals surface area contributed by atoms with Gasteiger partial charge >= 0.3 is 0 Å². The van der Waals surface area contributed by atoms with Crippen LogP contribution in [-0.2, 0) is 6.42 Å². The van der Waals surface area contributed by atoms with E-state index >= 15 is 0 Å². The molecule has 0 aliphatic rings. The fourth-order valence-corrected chi connectivity index (χ4v) is 3.58. The molecule has 108 valence electrons. The van der Waals surface area contributed by atoms with Crippen molar-refractivity contribution in [1.29, 1.82) is 0 Å². The number of rotatable bonds is 8. The van der Waals surface area contributed by atoms with Gasteiger partial charge in [0, 0.05) is 11.8 Å². The van der Waals surface area contributed by atoms with Crippen LogP contribution in [0.2, 0.25) is 0 Å². The van der Waals surface area contributed by atoms with Gasteiger partial charge in [0.2, 0.25) is 0 Å². The van der Waals surface area contributed by atoms with Gasteiger partial charge < -0.3 is 10.1 Å². The van der Waals surface area contributed by atoms with Crippen molar-refractivity contribution < 1.29 is 4.74 Å². The fraction of sp³-hybridized carbons (Fsp3) is 0.600. The number of likely N-dealkylation sites (N-methyl/N-ethyl adjacent to an activating group) is 1. The monoisotopic (exact) mass is 345 g/mol. The van der Waals surface area contributed by atoms with Gasteiger partial charge in [-0.15, -0.1) is 0 Å². The Hall–Kier alpha value is -0.190. The Balaban J connectivity index is 2.53. The lowest BCUT2D eigenvalue weighted by Crippen LogP contribution is -2.30. The van der Waals surface area contributed by atoms with Crippen LogP contribution in [0.3, 0.4) is 0 Å². The second kappa shape index (κ2) is 8.88. The molecule has 0 saturated heterocycles. The van der Waals surface area contributed by atoms with E-state index in [1.54, 1.807) is 7.11 Å². The minimum Gasteiger partial charge on any atom is -0.496 e. The second-order valence-electron chi connectivity index (χ2n) is 5.09. The summed E-state index contributed by atoms with van der Waals surface area (Å²) < 4.78 is 6.28. The predicted molar refractivity (Wildman–Crippen MR) is 89.4 cm³/mol. The molecular weight excluding hydrogens is 322 g/mol.